The Hall–Kier alpha value is -1.62. The number of aryl methyl sites for hydroxylation is 1. The first kappa shape index (κ1) is 11.5. The second-order valence-electron chi connectivity index (χ2n) is 4.31. The van der Waals surface area contributed by atoms with Crippen LogP contribution in [0.25, 0.3) is 0 Å². The quantitative estimate of drug-likeness (QED) is 0.922. The summed E-state index contributed by atoms with van der Waals surface area (Å²) in [5.41, 5.74) is 1.40. The van der Waals surface area contributed by atoms with Gasteiger partial charge in [0.05, 0.1) is 13.2 Å². The lowest BCUT2D eigenvalue weighted by atomic mass is 9.94. The van der Waals surface area contributed by atoms with E-state index >= 15 is 0 Å². The molecule has 0 saturated heterocycles. The van der Waals surface area contributed by atoms with E-state index in [4.69, 9.17) is 4.74 Å². The standard InChI is InChI=1S/C13H15N3OS/c1-17-12-5-7-14-13(16-12)15-10-3-2-4-11-9(10)6-8-18-11/h5-8,10H,2-4H2,1H3,(H,14,15,16). The van der Waals surface area contributed by atoms with Crippen molar-refractivity contribution in [3.05, 3.63) is 34.2 Å². The van der Waals surface area contributed by atoms with Gasteiger partial charge in [-0.05, 0) is 36.3 Å². The second kappa shape index (κ2) is 4.94. The highest BCUT2D eigenvalue weighted by atomic mass is 32.1. The van der Waals surface area contributed by atoms with Crippen molar-refractivity contribution in [2.24, 2.45) is 0 Å². The van der Waals surface area contributed by atoms with E-state index in [2.05, 4.69) is 26.7 Å². The molecule has 1 aliphatic rings. The van der Waals surface area contributed by atoms with E-state index in [1.807, 2.05) is 11.3 Å². The Morgan fingerprint density at radius 1 is 1.44 bits per heavy atom. The molecule has 2 heterocycles. The molecule has 1 unspecified atom stereocenters. The number of aromatic nitrogens is 2. The van der Waals surface area contributed by atoms with Gasteiger partial charge in [-0.2, -0.15) is 4.98 Å². The number of methoxy groups -OCH3 is 1. The van der Waals surface area contributed by atoms with Crippen LogP contribution in [0.2, 0.25) is 0 Å². The summed E-state index contributed by atoms with van der Waals surface area (Å²) in [6, 6.07) is 4.28. The Morgan fingerprint density at radius 3 is 3.28 bits per heavy atom. The van der Waals surface area contributed by atoms with Crippen molar-refractivity contribution in [3.63, 3.8) is 0 Å². The lowest BCUT2D eigenvalue weighted by Gasteiger charge is -2.23. The third kappa shape index (κ3) is 2.18. The van der Waals surface area contributed by atoms with E-state index in [9.17, 15) is 0 Å². The summed E-state index contributed by atoms with van der Waals surface area (Å²) in [6.07, 6.45) is 5.26. The molecule has 1 aliphatic carbocycles. The number of hydrogen-bond donors (Lipinski definition) is 1. The van der Waals surface area contributed by atoms with E-state index < -0.39 is 0 Å². The Balaban J connectivity index is 1.81. The van der Waals surface area contributed by atoms with Gasteiger partial charge in [-0.25, -0.2) is 4.98 Å². The van der Waals surface area contributed by atoms with Crippen molar-refractivity contribution >= 4 is 17.3 Å². The van der Waals surface area contributed by atoms with Crippen LogP contribution in [0, 0.1) is 0 Å². The van der Waals surface area contributed by atoms with Crippen LogP contribution in [0.5, 0.6) is 5.88 Å². The van der Waals surface area contributed by atoms with Gasteiger partial charge in [-0.3, -0.25) is 0 Å². The molecule has 4 nitrogen and oxygen atoms in total. The number of nitrogens with zero attached hydrogens (tertiary/aromatic N) is 2. The van der Waals surface area contributed by atoms with Gasteiger partial charge in [-0.1, -0.05) is 0 Å². The minimum Gasteiger partial charge on any atom is -0.481 e. The predicted molar refractivity (Wildman–Crippen MR) is 72.2 cm³/mol. The number of nitrogens with one attached hydrogen (secondary N) is 1. The zero-order chi connectivity index (χ0) is 12.4. The molecule has 0 aromatic carbocycles. The zero-order valence-electron chi connectivity index (χ0n) is 10.2. The number of hydrogen-bond acceptors (Lipinski definition) is 5. The van der Waals surface area contributed by atoms with Gasteiger partial charge in [0.2, 0.25) is 11.8 Å². The highest BCUT2D eigenvalue weighted by Crippen LogP contribution is 2.34. The number of anilines is 1. The fourth-order valence-electron chi connectivity index (χ4n) is 2.32. The van der Waals surface area contributed by atoms with Gasteiger partial charge in [-0.15, -0.1) is 11.3 Å². The van der Waals surface area contributed by atoms with Crippen LogP contribution in [0.3, 0.4) is 0 Å². The number of thiophene rings is 1. The fourth-order valence-corrected chi connectivity index (χ4v) is 3.31. The molecule has 0 amide bonds. The highest BCUT2D eigenvalue weighted by molar-refractivity contribution is 7.10. The Bertz CT molecular complexity index is 541. The molecule has 0 saturated carbocycles. The minimum absolute atomic E-state index is 0.326. The van der Waals surface area contributed by atoms with Crippen molar-refractivity contribution in [1.82, 2.24) is 9.97 Å². The maximum atomic E-state index is 5.11. The van der Waals surface area contributed by atoms with E-state index in [-0.39, 0.29) is 0 Å². The SMILES string of the molecule is COc1ccnc(NC2CCCc3sccc32)n1. The topological polar surface area (TPSA) is 47.0 Å². The Labute approximate surface area is 110 Å². The molecule has 2 aromatic rings. The zero-order valence-corrected chi connectivity index (χ0v) is 11.0. The van der Waals surface area contributed by atoms with Crippen LogP contribution in [-0.2, 0) is 6.42 Å². The molecule has 0 radical (unpaired) electrons. The molecular formula is C13H15N3OS. The normalized spacial score (nSPS) is 18.2. The van der Waals surface area contributed by atoms with Gasteiger partial charge >= 0.3 is 0 Å². The van der Waals surface area contributed by atoms with Crippen molar-refractivity contribution in [2.45, 2.75) is 25.3 Å². The number of rotatable bonds is 3. The molecule has 1 atom stereocenters. The third-order valence-corrected chi connectivity index (χ3v) is 4.19. The summed E-state index contributed by atoms with van der Waals surface area (Å²) in [6.45, 7) is 0. The van der Waals surface area contributed by atoms with Crippen LogP contribution in [-0.4, -0.2) is 17.1 Å². The van der Waals surface area contributed by atoms with Gasteiger partial charge in [0.15, 0.2) is 0 Å². The number of fused-ring (bicyclic) bond motifs is 1. The van der Waals surface area contributed by atoms with Crippen LogP contribution in [0.1, 0.15) is 29.3 Å². The maximum Gasteiger partial charge on any atom is 0.226 e. The fraction of sp³-hybridized carbons (Fsp3) is 0.385. The summed E-state index contributed by atoms with van der Waals surface area (Å²) in [4.78, 5) is 10.0. The van der Waals surface area contributed by atoms with E-state index in [0.717, 1.165) is 6.42 Å². The average Bonchev–Trinajstić information content (AvgIpc) is 2.88. The Kier molecular flexibility index (Phi) is 3.15. The van der Waals surface area contributed by atoms with Crippen molar-refractivity contribution in [2.75, 3.05) is 12.4 Å². The average molecular weight is 261 g/mol. The van der Waals surface area contributed by atoms with Crippen molar-refractivity contribution in [3.8, 4) is 5.88 Å². The second-order valence-corrected chi connectivity index (χ2v) is 5.31. The highest BCUT2D eigenvalue weighted by Gasteiger charge is 2.21. The smallest absolute Gasteiger partial charge is 0.226 e. The van der Waals surface area contributed by atoms with Crippen LogP contribution in [0.4, 0.5) is 5.95 Å². The molecule has 18 heavy (non-hydrogen) atoms. The van der Waals surface area contributed by atoms with Gasteiger partial charge in [0.1, 0.15) is 0 Å². The van der Waals surface area contributed by atoms with Crippen molar-refractivity contribution < 1.29 is 4.74 Å². The first-order chi connectivity index (χ1) is 8.86. The molecule has 3 rings (SSSR count). The number of ether oxygens (including phenoxy) is 1. The van der Waals surface area contributed by atoms with E-state index in [1.54, 1.807) is 19.4 Å². The molecular weight excluding hydrogens is 246 g/mol. The van der Waals surface area contributed by atoms with E-state index in [0.29, 0.717) is 17.9 Å². The molecule has 0 spiro atoms. The molecule has 0 bridgehead atoms. The third-order valence-electron chi connectivity index (χ3n) is 3.19. The lowest BCUT2D eigenvalue weighted by Crippen LogP contribution is -2.17. The first-order valence-corrected chi connectivity index (χ1v) is 6.94. The summed E-state index contributed by atoms with van der Waals surface area (Å²) >= 11 is 1.84. The van der Waals surface area contributed by atoms with Gasteiger partial charge in [0, 0.05) is 17.1 Å². The van der Waals surface area contributed by atoms with E-state index in [1.165, 1.54) is 23.3 Å². The molecule has 0 aliphatic heterocycles. The monoisotopic (exact) mass is 261 g/mol. The maximum absolute atomic E-state index is 5.11. The summed E-state index contributed by atoms with van der Waals surface area (Å²) in [7, 11) is 1.61. The molecule has 1 N–H and O–H groups in total. The van der Waals surface area contributed by atoms with Crippen LogP contribution in [0.15, 0.2) is 23.7 Å². The summed E-state index contributed by atoms with van der Waals surface area (Å²) in [5, 5.41) is 5.57. The van der Waals surface area contributed by atoms with Crippen LogP contribution >= 0.6 is 11.3 Å². The van der Waals surface area contributed by atoms with Crippen LogP contribution < -0.4 is 10.1 Å². The summed E-state index contributed by atoms with van der Waals surface area (Å²) in [5.74, 6) is 1.23. The Morgan fingerprint density at radius 2 is 2.39 bits per heavy atom. The van der Waals surface area contributed by atoms with Crippen molar-refractivity contribution in [1.29, 1.82) is 0 Å². The summed E-state index contributed by atoms with van der Waals surface area (Å²) < 4.78 is 5.11. The van der Waals surface area contributed by atoms with Gasteiger partial charge < -0.3 is 10.1 Å². The molecule has 2 aromatic heterocycles. The lowest BCUT2D eigenvalue weighted by molar-refractivity contribution is 0.397. The van der Waals surface area contributed by atoms with Gasteiger partial charge in [0.25, 0.3) is 0 Å². The molecule has 5 heteroatoms. The minimum atomic E-state index is 0.326. The predicted octanol–water partition coefficient (Wildman–Crippen LogP) is 3.04. The largest absolute Gasteiger partial charge is 0.481 e. The molecule has 0 fully saturated rings. The molecule has 94 valence electrons. The first-order valence-electron chi connectivity index (χ1n) is 6.06.